The number of nitrogens with zero attached hydrogens (tertiary/aromatic N) is 4. The molecule has 0 unspecified atom stereocenters. The van der Waals surface area contributed by atoms with Crippen LogP contribution in [0.5, 0.6) is 5.75 Å². The van der Waals surface area contributed by atoms with E-state index >= 15 is 0 Å². The van der Waals surface area contributed by atoms with Crippen molar-refractivity contribution in [2.75, 3.05) is 7.11 Å². The molecule has 94 valence electrons. The maximum absolute atomic E-state index is 10.9. The zero-order chi connectivity index (χ0) is 15.6. The van der Waals surface area contributed by atoms with E-state index in [2.05, 4.69) is 10.1 Å². The molecule has 0 spiro atoms. The lowest BCUT2D eigenvalue weighted by atomic mass is 10.1. The number of benzene rings is 1. The summed E-state index contributed by atoms with van der Waals surface area (Å²) in [6.45, 7) is -2.40. The van der Waals surface area contributed by atoms with Gasteiger partial charge in [-0.25, -0.2) is 4.98 Å². The van der Waals surface area contributed by atoms with E-state index in [0.717, 1.165) is 11.0 Å². The Morgan fingerprint density at radius 2 is 2.44 bits per heavy atom. The number of aryl methyl sites for hydroxylation is 1. The molecule has 0 atom stereocenters. The molecule has 2 rings (SSSR count). The molecule has 1 heterocycles. The third-order valence-electron chi connectivity index (χ3n) is 2.36. The Morgan fingerprint density at radius 3 is 3.06 bits per heavy atom. The van der Waals surface area contributed by atoms with Crippen molar-refractivity contribution in [2.24, 2.45) is 6.98 Å². The summed E-state index contributed by atoms with van der Waals surface area (Å²) in [5, 5.41) is 14.8. The molecule has 0 radical (unpaired) electrons. The van der Waals surface area contributed by atoms with Crippen molar-refractivity contribution in [3.05, 3.63) is 46.0 Å². The van der Waals surface area contributed by atoms with E-state index in [1.54, 1.807) is 6.07 Å². The fourth-order valence-corrected chi connectivity index (χ4v) is 1.64. The van der Waals surface area contributed by atoms with Crippen LogP contribution in [0.1, 0.15) is 15.5 Å². The summed E-state index contributed by atoms with van der Waals surface area (Å²) in [5.41, 5.74) is 0.347. The standard InChI is InChI=1S/C11H12N4O3/c1-14-7-12-10(13-14)6-8-4-3-5-9(15(16)17)11(8)18-2/h3-5,7H,6H2,1-2H3/i1D3. The van der Waals surface area contributed by atoms with Crippen LogP contribution in [-0.2, 0) is 13.4 Å². The van der Waals surface area contributed by atoms with Gasteiger partial charge < -0.3 is 4.74 Å². The monoisotopic (exact) mass is 251 g/mol. The summed E-state index contributed by atoms with van der Waals surface area (Å²) in [7, 11) is 1.33. The lowest BCUT2D eigenvalue weighted by molar-refractivity contribution is -0.385. The Kier molecular flexibility index (Phi) is 2.31. The zero-order valence-electron chi connectivity index (χ0n) is 12.5. The van der Waals surface area contributed by atoms with Gasteiger partial charge in [-0.1, -0.05) is 12.1 Å². The average molecular weight is 251 g/mol. The molecule has 0 bridgehead atoms. The van der Waals surface area contributed by atoms with Crippen molar-refractivity contribution in [3.8, 4) is 5.75 Å². The highest BCUT2D eigenvalue weighted by molar-refractivity contribution is 5.52. The average Bonchev–Trinajstić information content (AvgIpc) is 2.87. The van der Waals surface area contributed by atoms with Gasteiger partial charge in [0, 0.05) is 29.1 Å². The van der Waals surface area contributed by atoms with E-state index in [1.165, 1.54) is 19.2 Å². The van der Waals surface area contributed by atoms with Crippen molar-refractivity contribution >= 4 is 5.69 Å². The summed E-state index contributed by atoms with van der Waals surface area (Å²) >= 11 is 0. The van der Waals surface area contributed by atoms with Gasteiger partial charge in [0.15, 0.2) is 5.82 Å². The third kappa shape index (κ3) is 2.29. The van der Waals surface area contributed by atoms with E-state index < -0.39 is 11.9 Å². The predicted octanol–water partition coefficient (Wildman–Crippen LogP) is 1.32. The number of hydrogen-bond donors (Lipinski definition) is 0. The number of aromatic nitrogens is 3. The summed E-state index contributed by atoms with van der Waals surface area (Å²) in [5.74, 6) is 0.359. The molecule has 1 aromatic heterocycles. The minimum Gasteiger partial charge on any atom is -0.490 e. The van der Waals surface area contributed by atoms with Crippen LogP contribution in [0.3, 0.4) is 0 Å². The highest BCUT2D eigenvalue weighted by Gasteiger charge is 2.18. The molecule has 0 saturated heterocycles. The lowest BCUT2D eigenvalue weighted by Crippen LogP contribution is -2.00. The first-order valence-electron chi connectivity index (χ1n) is 6.54. The smallest absolute Gasteiger partial charge is 0.311 e. The molecule has 2 aromatic rings. The van der Waals surface area contributed by atoms with Gasteiger partial charge in [0.25, 0.3) is 0 Å². The van der Waals surface area contributed by atoms with Gasteiger partial charge in [0.2, 0.25) is 5.75 Å². The van der Waals surface area contributed by atoms with Crippen molar-refractivity contribution in [2.45, 2.75) is 6.42 Å². The summed E-state index contributed by atoms with van der Waals surface area (Å²) in [6, 6.07) is 4.50. The number of methoxy groups -OCH3 is 1. The molecule has 1 aromatic carbocycles. The Bertz CT molecular complexity index is 669. The van der Waals surface area contributed by atoms with Crippen LogP contribution in [0.2, 0.25) is 0 Å². The third-order valence-corrected chi connectivity index (χ3v) is 2.36. The maximum atomic E-state index is 10.9. The van der Waals surface area contributed by atoms with Gasteiger partial charge in [-0.2, -0.15) is 5.10 Å². The largest absolute Gasteiger partial charge is 0.490 e. The van der Waals surface area contributed by atoms with Crippen LogP contribution in [0.4, 0.5) is 5.69 Å². The molecule has 0 N–H and O–H groups in total. The highest BCUT2D eigenvalue weighted by Crippen LogP contribution is 2.31. The summed E-state index contributed by atoms with van der Waals surface area (Å²) in [4.78, 5) is 14.3. The van der Waals surface area contributed by atoms with Crippen LogP contribution in [0.15, 0.2) is 24.5 Å². The van der Waals surface area contributed by atoms with Gasteiger partial charge in [-0.3, -0.25) is 14.8 Å². The number of nitro benzene ring substituents is 1. The molecular weight excluding hydrogens is 236 g/mol. The molecule has 7 nitrogen and oxygen atoms in total. The van der Waals surface area contributed by atoms with Crippen molar-refractivity contribution in [1.82, 2.24) is 14.8 Å². The van der Waals surface area contributed by atoms with Crippen molar-refractivity contribution < 1.29 is 13.8 Å². The fraction of sp³-hybridized carbons (Fsp3) is 0.273. The van der Waals surface area contributed by atoms with Crippen LogP contribution >= 0.6 is 0 Å². The Labute approximate surface area is 107 Å². The minimum atomic E-state index is -2.40. The van der Waals surface area contributed by atoms with Gasteiger partial charge in [-0.15, -0.1) is 0 Å². The van der Waals surface area contributed by atoms with E-state index in [9.17, 15) is 10.1 Å². The molecule has 18 heavy (non-hydrogen) atoms. The van der Waals surface area contributed by atoms with Crippen LogP contribution < -0.4 is 4.74 Å². The molecule has 0 aliphatic carbocycles. The number of rotatable bonds is 4. The molecule has 0 amide bonds. The first kappa shape index (κ1) is 8.62. The normalized spacial score (nSPS) is 13.5. The lowest BCUT2D eigenvalue weighted by Gasteiger charge is -2.06. The van der Waals surface area contributed by atoms with E-state index in [-0.39, 0.29) is 23.7 Å². The molecule has 0 aliphatic heterocycles. The molecule has 0 aliphatic rings. The summed E-state index contributed by atoms with van der Waals surface area (Å²) in [6.07, 6.45) is 1.24. The SMILES string of the molecule is [2H]C([2H])([2H])n1cnc(Cc2cccc([N+](=O)[O-])c2OC)n1. The van der Waals surface area contributed by atoms with E-state index in [0.29, 0.717) is 5.56 Å². The van der Waals surface area contributed by atoms with Gasteiger partial charge in [0.05, 0.1) is 12.0 Å². The van der Waals surface area contributed by atoms with Crippen LogP contribution in [0.25, 0.3) is 0 Å². The van der Waals surface area contributed by atoms with Crippen LogP contribution in [0, 0.1) is 10.1 Å². The van der Waals surface area contributed by atoms with Crippen molar-refractivity contribution in [3.63, 3.8) is 0 Å². The second-order valence-electron chi connectivity index (χ2n) is 3.51. The predicted molar refractivity (Wildman–Crippen MR) is 63.5 cm³/mol. The summed E-state index contributed by atoms with van der Waals surface area (Å²) < 4.78 is 27.5. The van der Waals surface area contributed by atoms with Gasteiger partial charge >= 0.3 is 5.69 Å². The molecule has 0 saturated carbocycles. The topological polar surface area (TPSA) is 83.1 Å². The van der Waals surface area contributed by atoms with Gasteiger partial charge in [0.1, 0.15) is 6.33 Å². The number of hydrogen-bond acceptors (Lipinski definition) is 5. The van der Waals surface area contributed by atoms with Crippen molar-refractivity contribution in [1.29, 1.82) is 0 Å². The number of ether oxygens (including phenoxy) is 1. The second-order valence-corrected chi connectivity index (χ2v) is 3.51. The number of nitro groups is 1. The maximum Gasteiger partial charge on any atom is 0.311 e. The van der Waals surface area contributed by atoms with E-state index in [1.807, 2.05) is 0 Å². The Balaban J connectivity index is 2.34. The molecular formula is C11H12N4O3. The molecule has 0 fully saturated rings. The van der Waals surface area contributed by atoms with Gasteiger partial charge in [-0.05, 0) is 0 Å². The zero-order valence-corrected chi connectivity index (χ0v) is 9.53. The highest BCUT2D eigenvalue weighted by atomic mass is 16.6. The second kappa shape index (κ2) is 4.82. The fourth-order valence-electron chi connectivity index (χ4n) is 1.64. The first-order chi connectivity index (χ1) is 9.82. The van der Waals surface area contributed by atoms with Crippen LogP contribution in [-0.4, -0.2) is 26.8 Å². The number of para-hydroxylation sites is 1. The molecule has 7 heteroatoms. The minimum absolute atomic E-state index is 0.118. The Hall–Kier alpha value is -2.44. The quantitative estimate of drug-likeness (QED) is 0.604. The Morgan fingerprint density at radius 1 is 1.61 bits per heavy atom. The van der Waals surface area contributed by atoms with E-state index in [4.69, 9.17) is 8.85 Å². The first-order valence-corrected chi connectivity index (χ1v) is 5.04.